The molecule has 0 spiro atoms. The van der Waals surface area contributed by atoms with E-state index in [1.165, 1.54) is 6.33 Å². The number of aromatic nitrogens is 3. The van der Waals surface area contributed by atoms with Gasteiger partial charge in [-0.2, -0.15) is 10.1 Å². The Hall–Kier alpha value is -2.83. The summed E-state index contributed by atoms with van der Waals surface area (Å²) < 4.78 is 12.5. The smallest absolute Gasteiger partial charge is 0.342 e. The summed E-state index contributed by atoms with van der Waals surface area (Å²) >= 11 is 0. The van der Waals surface area contributed by atoms with E-state index in [1.54, 1.807) is 11.6 Å². The van der Waals surface area contributed by atoms with Gasteiger partial charge in [0.15, 0.2) is 0 Å². The van der Waals surface area contributed by atoms with Gasteiger partial charge in [-0.3, -0.25) is 5.32 Å². The van der Waals surface area contributed by atoms with Gasteiger partial charge in [-0.15, -0.1) is 0 Å². The third-order valence-electron chi connectivity index (χ3n) is 3.46. The van der Waals surface area contributed by atoms with Gasteiger partial charge >= 0.3 is 5.97 Å². The van der Waals surface area contributed by atoms with Crippen molar-refractivity contribution in [2.45, 2.75) is 19.9 Å². The van der Waals surface area contributed by atoms with E-state index in [1.807, 2.05) is 37.3 Å². The van der Waals surface area contributed by atoms with Crippen LogP contribution in [0.25, 0.3) is 0 Å². The molecule has 0 amide bonds. The van der Waals surface area contributed by atoms with Gasteiger partial charge in [-0.1, -0.05) is 30.3 Å². The molecule has 0 saturated heterocycles. The van der Waals surface area contributed by atoms with Crippen molar-refractivity contribution in [2.24, 2.45) is 0 Å². The summed E-state index contributed by atoms with van der Waals surface area (Å²) in [6.07, 6.45) is 1.44. The van der Waals surface area contributed by atoms with E-state index in [9.17, 15) is 4.79 Å². The summed E-state index contributed by atoms with van der Waals surface area (Å²) in [7, 11) is 0. The highest BCUT2D eigenvalue weighted by Gasteiger charge is 2.36. The van der Waals surface area contributed by atoms with E-state index in [0.29, 0.717) is 24.0 Å². The maximum absolute atomic E-state index is 12.5. The standard InChI is InChI=1S/C16H18N4O3/c1-3-22-14-12(15(21)23-4-2)13(11-8-6-5-7-9-11)20-16(19-14)17-10-18-20/h5-10,13H,3-4H2,1-2H3,(H,17,18,19). The van der Waals surface area contributed by atoms with Crippen LogP contribution >= 0.6 is 0 Å². The predicted molar refractivity (Wildman–Crippen MR) is 83.5 cm³/mol. The number of carbonyl (C=O) groups is 1. The molecular formula is C16H18N4O3. The number of benzene rings is 1. The van der Waals surface area contributed by atoms with Crippen molar-refractivity contribution in [2.75, 3.05) is 18.5 Å². The highest BCUT2D eigenvalue weighted by molar-refractivity contribution is 5.92. The molecule has 7 heteroatoms. The van der Waals surface area contributed by atoms with E-state index in [2.05, 4.69) is 15.4 Å². The average Bonchev–Trinajstić information content (AvgIpc) is 3.03. The van der Waals surface area contributed by atoms with Gasteiger partial charge in [-0.25, -0.2) is 9.48 Å². The highest BCUT2D eigenvalue weighted by atomic mass is 16.5. The third-order valence-corrected chi connectivity index (χ3v) is 3.46. The van der Waals surface area contributed by atoms with Crippen molar-refractivity contribution in [1.29, 1.82) is 0 Å². The SMILES string of the molecule is CCOC(=O)C1=C(OCC)Nc2ncnn2C1c1ccccc1. The van der Waals surface area contributed by atoms with Crippen molar-refractivity contribution in [3.63, 3.8) is 0 Å². The Morgan fingerprint density at radius 2 is 2.04 bits per heavy atom. The Labute approximate surface area is 133 Å². The zero-order valence-corrected chi connectivity index (χ0v) is 13.0. The lowest BCUT2D eigenvalue weighted by Gasteiger charge is -2.28. The fourth-order valence-electron chi connectivity index (χ4n) is 2.56. The molecule has 1 unspecified atom stereocenters. The maximum atomic E-state index is 12.5. The first kappa shape index (κ1) is 15.1. The minimum atomic E-state index is -0.449. The number of nitrogens with zero attached hydrogens (tertiary/aromatic N) is 3. The summed E-state index contributed by atoms with van der Waals surface area (Å²) in [4.78, 5) is 16.7. The first-order chi connectivity index (χ1) is 11.3. The van der Waals surface area contributed by atoms with E-state index in [4.69, 9.17) is 9.47 Å². The lowest BCUT2D eigenvalue weighted by molar-refractivity contribution is -0.139. The number of carbonyl (C=O) groups excluding carboxylic acids is 1. The maximum Gasteiger partial charge on any atom is 0.342 e. The molecule has 0 bridgehead atoms. The Bertz CT molecular complexity index is 724. The fourth-order valence-corrected chi connectivity index (χ4v) is 2.56. The van der Waals surface area contributed by atoms with Crippen LogP contribution in [0.3, 0.4) is 0 Å². The largest absolute Gasteiger partial charge is 0.479 e. The van der Waals surface area contributed by atoms with Crippen LogP contribution in [0.5, 0.6) is 0 Å². The summed E-state index contributed by atoms with van der Waals surface area (Å²) in [5, 5.41) is 7.26. The number of fused-ring (bicyclic) bond motifs is 1. The average molecular weight is 314 g/mol. The minimum absolute atomic E-state index is 0.285. The number of anilines is 1. The molecular weight excluding hydrogens is 296 g/mol. The molecule has 1 aliphatic heterocycles. The van der Waals surface area contributed by atoms with E-state index < -0.39 is 12.0 Å². The van der Waals surface area contributed by atoms with Crippen LogP contribution in [0.15, 0.2) is 48.1 Å². The van der Waals surface area contributed by atoms with Crippen molar-refractivity contribution >= 4 is 11.9 Å². The number of esters is 1. The van der Waals surface area contributed by atoms with Gasteiger partial charge in [0.1, 0.15) is 17.9 Å². The highest BCUT2D eigenvalue weighted by Crippen LogP contribution is 2.35. The second kappa shape index (κ2) is 6.51. The molecule has 1 aromatic heterocycles. The van der Waals surface area contributed by atoms with Gasteiger partial charge in [0.2, 0.25) is 11.8 Å². The van der Waals surface area contributed by atoms with Crippen LogP contribution in [0.1, 0.15) is 25.5 Å². The van der Waals surface area contributed by atoms with Gasteiger partial charge in [-0.05, 0) is 19.4 Å². The molecule has 2 aromatic rings. The lowest BCUT2D eigenvalue weighted by atomic mass is 9.98. The van der Waals surface area contributed by atoms with Gasteiger partial charge < -0.3 is 9.47 Å². The van der Waals surface area contributed by atoms with Crippen LogP contribution < -0.4 is 5.32 Å². The van der Waals surface area contributed by atoms with Crippen LogP contribution in [0.2, 0.25) is 0 Å². The molecule has 0 saturated carbocycles. The van der Waals surface area contributed by atoms with Crippen molar-refractivity contribution in [3.8, 4) is 0 Å². The fraction of sp³-hybridized carbons (Fsp3) is 0.312. The molecule has 1 N–H and O–H groups in total. The Morgan fingerprint density at radius 1 is 1.26 bits per heavy atom. The zero-order chi connectivity index (χ0) is 16.2. The molecule has 2 heterocycles. The molecule has 0 aliphatic carbocycles. The van der Waals surface area contributed by atoms with Gasteiger partial charge in [0, 0.05) is 0 Å². The van der Waals surface area contributed by atoms with Crippen LogP contribution in [-0.2, 0) is 14.3 Å². The molecule has 1 aromatic carbocycles. The molecule has 1 aliphatic rings. The van der Waals surface area contributed by atoms with E-state index >= 15 is 0 Å². The Kier molecular flexibility index (Phi) is 4.27. The second-order valence-electron chi connectivity index (χ2n) is 4.86. The van der Waals surface area contributed by atoms with Crippen LogP contribution in [0, 0.1) is 0 Å². The zero-order valence-electron chi connectivity index (χ0n) is 13.0. The van der Waals surface area contributed by atoms with Crippen LogP contribution in [0.4, 0.5) is 5.95 Å². The van der Waals surface area contributed by atoms with E-state index in [-0.39, 0.29) is 6.61 Å². The molecule has 120 valence electrons. The second-order valence-corrected chi connectivity index (χ2v) is 4.86. The number of rotatable bonds is 5. The van der Waals surface area contributed by atoms with Crippen LogP contribution in [-0.4, -0.2) is 33.9 Å². The number of nitrogens with one attached hydrogen (secondary N) is 1. The monoisotopic (exact) mass is 314 g/mol. The summed E-state index contributed by atoms with van der Waals surface area (Å²) in [6, 6.07) is 9.17. The van der Waals surface area contributed by atoms with Gasteiger partial charge in [0.05, 0.1) is 13.2 Å². The Morgan fingerprint density at radius 3 is 2.74 bits per heavy atom. The molecule has 7 nitrogen and oxygen atoms in total. The van der Waals surface area contributed by atoms with Gasteiger partial charge in [0.25, 0.3) is 0 Å². The van der Waals surface area contributed by atoms with Crippen molar-refractivity contribution < 1.29 is 14.3 Å². The lowest BCUT2D eigenvalue weighted by Crippen LogP contribution is -2.31. The minimum Gasteiger partial charge on any atom is -0.479 e. The quantitative estimate of drug-likeness (QED) is 0.852. The molecule has 3 rings (SSSR count). The normalized spacial score (nSPS) is 16.5. The predicted octanol–water partition coefficient (Wildman–Crippen LogP) is 2.10. The third kappa shape index (κ3) is 2.77. The molecule has 0 fully saturated rings. The topological polar surface area (TPSA) is 78.3 Å². The summed E-state index contributed by atoms with van der Waals surface area (Å²) in [5.74, 6) is 0.453. The number of hydrogen-bond acceptors (Lipinski definition) is 6. The molecule has 23 heavy (non-hydrogen) atoms. The Balaban J connectivity index is 2.15. The van der Waals surface area contributed by atoms with Crippen molar-refractivity contribution in [1.82, 2.24) is 14.8 Å². The summed E-state index contributed by atoms with van der Waals surface area (Å²) in [6.45, 7) is 4.33. The first-order valence-corrected chi connectivity index (χ1v) is 7.51. The number of ether oxygens (including phenoxy) is 2. The molecule has 0 radical (unpaired) electrons. The van der Waals surface area contributed by atoms with E-state index in [0.717, 1.165) is 5.56 Å². The number of hydrogen-bond donors (Lipinski definition) is 1. The summed E-state index contributed by atoms with van der Waals surface area (Å²) in [5.41, 5.74) is 1.29. The first-order valence-electron chi connectivity index (χ1n) is 7.51. The van der Waals surface area contributed by atoms with Crippen molar-refractivity contribution in [3.05, 3.63) is 53.7 Å². The molecule has 1 atom stereocenters.